The van der Waals surface area contributed by atoms with Crippen molar-refractivity contribution in [3.8, 4) is 51.6 Å². The Morgan fingerprint density at radius 1 is 0.448 bits per heavy atom. The number of aromatic nitrogens is 2. The average Bonchev–Trinajstić information content (AvgIpc) is 3.27. The molecule has 0 aliphatic heterocycles. The summed E-state index contributed by atoms with van der Waals surface area (Å²) in [6.45, 7) is 5.13. The van der Waals surface area contributed by atoms with E-state index >= 15 is 0 Å². The number of nitrogens with zero attached hydrogens (tertiary/aromatic N) is 3. The predicted molar refractivity (Wildman–Crippen MR) is 236 cm³/mol. The normalized spacial score (nSPS) is 10.9. The van der Waals surface area contributed by atoms with Crippen molar-refractivity contribution >= 4 is 0 Å². The van der Waals surface area contributed by atoms with Crippen molar-refractivity contribution in [3.63, 3.8) is 0 Å². The molecule has 0 N–H and O–H groups in total. The quantitative estimate of drug-likeness (QED) is 0.0446. The Morgan fingerprint density at radius 2 is 0.862 bits per heavy atom. The minimum atomic E-state index is 0.671. The van der Waals surface area contributed by atoms with Crippen molar-refractivity contribution in [2.45, 2.75) is 116 Å². The Bertz CT molecular complexity index is 1870. The summed E-state index contributed by atoms with van der Waals surface area (Å²) in [6.07, 6.45) is 23.9. The lowest BCUT2D eigenvalue weighted by molar-refractivity contribution is 0.284. The minimum absolute atomic E-state index is 0.671. The van der Waals surface area contributed by atoms with Crippen molar-refractivity contribution in [2.75, 3.05) is 26.4 Å². The molecule has 0 radical (unpaired) electrons. The van der Waals surface area contributed by atoms with Gasteiger partial charge >= 0.3 is 0 Å². The van der Waals surface area contributed by atoms with Crippen LogP contribution in [0.2, 0.25) is 0 Å². The fraction of sp³-hybridized carbons (Fsp3) is 0.431. The lowest BCUT2D eigenvalue weighted by Crippen LogP contribution is -2.01. The first-order valence-electron chi connectivity index (χ1n) is 21.8. The third-order valence-corrected chi connectivity index (χ3v) is 10.3. The van der Waals surface area contributed by atoms with Gasteiger partial charge in [0.1, 0.15) is 23.0 Å². The molecule has 0 saturated carbocycles. The van der Waals surface area contributed by atoms with Crippen LogP contribution in [0.25, 0.3) is 22.5 Å². The molecule has 58 heavy (non-hydrogen) atoms. The van der Waals surface area contributed by atoms with Gasteiger partial charge in [-0.05, 0) is 116 Å². The highest BCUT2D eigenvalue weighted by atomic mass is 16.5. The Kier molecular flexibility index (Phi) is 20.0. The van der Waals surface area contributed by atoms with E-state index in [9.17, 15) is 0 Å². The number of benzene rings is 4. The van der Waals surface area contributed by atoms with Crippen LogP contribution < -0.4 is 18.9 Å². The van der Waals surface area contributed by atoms with Crippen LogP contribution in [-0.4, -0.2) is 36.4 Å². The second-order valence-electron chi connectivity index (χ2n) is 15.1. The van der Waals surface area contributed by atoms with Crippen LogP contribution in [-0.2, 0) is 6.42 Å². The number of hydrogen-bond acceptors (Lipinski definition) is 7. The Morgan fingerprint density at radius 3 is 1.34 bits per heavy atom. The van der Waals surface area contributed by atoms with E-state index in [2.05, 4.69) is 35.1 Å². The Balaban J connectivity index is 0.823. The summed E-state index contributed by atoms with van der Waals surface area (Å²) in [4.78, 5) is 9.22. The molecular weight excluding hydrogens is 719 g/mol. The molecule has 1 heterocycles. The van der Waals surface area contributed by atoms with Crippen molar-refractivity contribution in [1.29, 1.82) is 5.26 Å². The van der Waals surface area contributed by atoms with Gasteiger partial charge in [0.2, 0.25) is 0 Å². The number of rotatable bonds is 29. The second-order valence-corrected chi connectivity index (χ2v) is 15.1. The molecule has 0 atom stereocenters. The van der Waals surface area contributed by atoms with Gasteiger partial charge < -0.3 is 18.9 Å². The maximum absolute atomic E-state index is 8.99. The third kappa shape index (κ3) is 16.6. The maximum Gasteiger partial charge on any atom is 0.159 e. The van der Waals surface area contributed by atoms with Gasteiger partial charge in [0, 0.05) is 24.0 Å². The molecule has 0 amide bonds. The smallest absolute Gasteiger partial charge is 0.159 e. The lowest BCUT2D eigenvalue weighted by atomic mass is 10.0. The van der Waals surface area contributed by atoms with Gasteiger partial charge in [-0.1, -0.05) is 108 Å². The van der Waals surface area contributed by atoms with Crippen molar-refractivity contribution in [1.82, 2.24) is 9.97 Å². The van der Waals surface area contributed by atoms with E-state index < -0.39 is 0 Å². The van der Waals surface area contributed by atoms with Crippen molar-refractivity contribution < 1.29 is 18.9 Å². The molecular formula is C51H63N3O4. The van der Waals surface area contributed by atoms with Crippen LogP contribution in [0.1, 0.15) is 121 Å². The monoisotopic (exact) mass is 781 g/mol. The van der Waals surface area contributed by atoms with Gasteiger partial charge in [-0.3, -0.25) is 0 Å². The van der Waals surface area contributed by atoms with Crippen LogP contribution in [0.4, 0.5) is 0 Å². The highest BCUT2D eigenvalue weighted by Crippen LogP contribution is 2.24. The molecule has 0 unspecified atom stereocenters. The molecule has 0 fully saturated rings. The van der Waals surface area contributed by atoms with Gasteiger partial charge in [-0.25, -0.2) is 9.97 Å². The van der Waals surface area contributed by atoms with Crippen LogP contribution in [0.5, 0.6) is 23.0 Å². The van der Waals surface area contributed by atoms with E-state index in [0.29, 0.717) is 18.8 Å². The summed E-state index contributed by atoms with van der Waals surface area (Å²) in [6, 6.07) is 34.1. The van der Waals surface area contributed by atoms with E-state index in [1.54, 1.807) is 0 Å². The molecule has 7 heteroatoms. The van der Waals surface area contributed by atoms with Gasteiger partial charge in [0.15, 0.2) is 5.82 Å². The summed E-state index contributed by atoms with van der Waals surface area (Å²) in [7, 11) is 0. The molecule has 4 aromatic carbocycles. The number of hydrogen-bond donors (Lipinski definition) is 0. The van der Waals surface area contributed by atoms with Gasteiger partial charge in [-0.15, -0.1) is 0 Å². The second kappa shape index (κ2) is 26.5. The van der Waals surface area contributed by atoms with Crippen LogP contribution in [0.15, 0.2) is 109 Å². The van der Waals surface area contributed by atoms with E-state index in [-0.39, 0.29) is 0 Å². The Hall–Kier alpha value is -5.35. The average molecular weight is 782 g/mol. The van der Waals surface area contributed by atoms with Crippen LogP contribution >= 0.6 is 0 Å². The molecule has 5 aromatic rings. The zero-order chi connectivity index (χ0) is 40.3. The van der Waals surface area contributed by atoms with Gasteiger partial charge in [-0.2, -0.15) is 5.26 Å². The summed E-state index contributed by atoms with van der Waals surface area (Å²) in [5, 5.41) is 8.99. The summed E-state index contributed by atoms with van der Waals surface area (Å²) in [5.41, 5.74) is 5.12. The zero-order valence-electron chi connectivity index (χ0n) is 34.7. The molecule has 1 aromatic heterocycles. The fourth-order valence-electron chi connectivity index (χ4n) is 6.81. The number of ether oxygens (including phenoxy) is 4. The third-order valence-electron chi connectivity index (χ3n) is 10.3. The highest BCUT2D eigenvalue weighted by Gasteiger charge is 2.05. The molecule has 0 saturated heterocycles. The van der Waals surface area contributed by atoms with Gasteiger partial charge in [0.25, 0.3) is 0 Å². The molecule has 0 bridgehead atoms. The van der Waals surface area contributed by atoms with E-state index in [1.807, 2.05) is 97.3 Å². The van der Waals surface area contributed by atoms with Gasteiger partial charge in [0.05, 0.1) is 38.1 Å². The molecule has 5 rings (SSSR count). The lowest BCUT2D eigenvalue weighted by Gasteiger charge is -2.10. The standard InChI is InChI=1S/C51H63N3O4/c1-2-3-4-5-8-13-19-43-40-53-51(54-41-43)46-28-32-48(33-29-46)56-35-15-10-7-12-17-37-58-50-21-18-20-49(38-50)57-36-16-11-6-9-14-34-55-47-30-26-45(27-31-47)44-24-22-42(39-52)23-25-44/h18,20-33,38,40-41H,2-17,19,34-37H2,1H3. The molecule has 0 aliphatic carbocycles. The summed E-state index contributed by atoms with van der Waals surface area (Å²) in [5.74, 6) is 4.28. The minimum Gasteiger partial charge on any atom is -0.494 e. The molecule has 0 aliphatic rings. The van der Waals surface area contributed by atoms with E-state index in [4.69, 9.17) is 24.2 Å². The molecule has 0 spiro atoms. The zero-order valence-corrected chi connectivity index (χ0v) is 34.7. The van der Waals surface area contributed by atoms with E-state index in [0.717, 1.165) is 117 Å². The van der Waals surface area contributed by atoms with Crippen molar-refractivity contribution in [3.05, 3.63) is 121 Å². The first-order valence-corrected chi connectivity index (χ1v) is 21.8. The Labute approximate surface area is 347 Å². The van der Waals surface area contributed by atoms with E-state index in [1.165, 1.54) is 56.9 Å². The van der Waals surface area contributed by atoms with Crippen LogP contribution in [0, 0.1) is 11.3 Å². The molecule has 7 nitrogen and oxygen atoms in total. The summed E-state index contributed by atoms with van der Waals surface area (Å²) >= 11 is 0. The first kappa shape index (κ1) is 43.8. The number of unbranched alkanes of at least 4 members (excludes halogenated alkanes) is 13. The topological polar surface area (TPSA) is 86.5 Å². The largest absolute Gasteiger partial charge is 0.494 e. The van der Waals surface area contributed by atoms with Crippen LogP contribution in [0.3, 0.4) is 0 Å². The number of nitriles is 1. The molecule has 306 valence electrons. The summed E-state index contributed by atoms with van der Waals surface area (Å²) < 4.78 is 24.0. The maximum atomic E-state index is 8.99. The highest BCUT2D eigenvalue weighted by molar-refractivity contribution is 5.65. The SMILES string of the molecule is CCCCCCCCc1cnc(-c2ccc(OCCCCCCCOc3cccc(OCCCCCCCOc4ccc(-c5ccc(C#N)cc5)cc4)c3)cc2)nc1. The predicted octanol–water partition coefficient (Wildman–Crippen LogP) is 13.4. The fourth-order valence-corrected chi connectivity index (χ4v) is 6.81. The van der Waals surface area contributed by atoms with Crippen molar-refractivity contribution in [2.24, 2.45) is 0 Å². The first-order chi connectivity index (χ1) is 28.7. The number of aryl methyl sites for hydroxylation is 1.